The summed E-state index contributed by atoms with van der Waals surface area (Å²) in [4.78, 5) is 0. The second-order valence-corrected chi connectivity index (χ2v) is 3.15. The molecular formula is C10H12BNO3. The summed E-state index contributed by atoms with van der Waals surface area (Å²) in [5.41, 5.74) is 1.34. The zero-order valence-corrected chi connectivity index (χ0v) is 8.69. The maximum atomic E-state index is 9.14. The van der Waals surface area contributed by atoms with Crippen LogP contribution in [0.25, 0.3) is 0 Å². The number of hydrogen-bond acceptors (Lipinski definition) is 4. The van der Waals surface area contributed by atoms with Gasteiger partial charge in [-0.1, -0.05) is 6.07 Å². The van der Waals surface area contributed by atoms with E-state index in [-0.39, 0.29) is 11.2 Å². The first-order chi connectivity index (χ1) is 7.10. The summed E-state index contributed by atoms with van der Waals surface area (Å²) in [5.74, 6) is 0.251. The van der Waals surface area contributed by atoms with Crippen molar-refractivity contribution in [2.75, 3.05) is 6.61 Å². The molecule has 0 amide bonds. The number of ether oxygens (including phenoxy) is 1. The molecule has 0 bridgehead atoms. The SMILES string of the molecule is CCOc1c(C#N)cc(C)cc1B(O)O. The lowest BCUT2D eigenvalue weighted by atomic mass is 9.77. The van der Waals surface area contributed by atoms with Crippen LogP contribution in [0.3, 0.4) is 0 Å². The molecule has 0 aliphatic carbocycles. The number of rotatable bonds is 3. The summed E-state index contributed by atoms with van der Waals surface area (Å²) in [7, 11) is -1.63. The molecule has 1 aromatic rings. The average Bonchev–Trinajstić information content (AvgIpc) is 2.19. The normalized spacial score (nSPS) is 9.53. The second kappa shape index (κ2) is 4.83. The molecule has 0 aliphatic rings. The summed E-state index contributed by atoms with van der Waals surface area (Å²) in [5, 5.41) is 27.2. The summed E-state index contributed by atoms with van der Waals surface area (Å²) >= 11 is 0. The van der Waals surface area contributed by atoms with Crippen LogP contribution in [0.2, 0.25) is 0 Å². The smallest absolute Gasteiger partial charge is 0.492 e. The first-order valence-corrected chi connectivity index (χ1v) is 4.63. The van der Waals surface area contributed by atoms with E-state index in [0.29, 0.717) is 12.2 Å². The molecule has 0 fully saturated rings. The summed E-state index contributed by atoms with van der Waals surface area (Å²) in [6.45, 7) is 3.93. The van der Waals surface area contributed by atoms with Crippen LogP contribution in [-0.2, 0) is 0 Å². The van der Waals surface area contributed by atoms with Crippen molar-refractivity contribution in [1.82, 2.24) is 0 Å². The van der Waals surface area contributed by atoms with E-state index < -0.39 is 7.12 Å². The first kappa shape index (κ1) is 11.6. The van der Waals surface area contributed by atoms with Gasteiger partial charge in [-0.25, -0.2) is 0 Å². The highest BCUT2D eigenvalue weighted by Crippen LogP contribution is 2.17. The molecule has 0 unspecified atom stereocenters. The van der Waals surface area contributed by atoms with Crippen LogP contribution in [-0.4, -0.2) is 23.8 Å². The Morgan fingerprint density at radius 2 is 2.13 bits per heavy atom. The molecule has 0 aromatic heterocycles. The van der Waals surface area contributed by atoms with Crippen LogP contribution in [0.4, 0.5) is 0 Å². The van der Waals surface area contributed by atoms with E-state index in [2.05, 4.69) is 0 Å². The van der Waals surface area contributed by atoms with Crippen molar-refractivity contribution in [3.8, 4) is 11.8 Å². The largest absolute Gasteiger partial charge is 0.493 e. The lowest BCUT2D eigenvalue weighted by Crippen LogP contribution is -2.32. The molecule has 0 aliphatic heterocycles. The molecule has 0 saturated heterocycles. The third-order valence-electron chi connectivity index (χ3n) is 1.95. The van der Waals surface area contributed by atoms with E-state index in [4.69, 9.17) is 20.0 Å². The van der Waals surface area contributed by atoms with Crippen molar-refractivity contribution in [2.24, 2.45) is 0 Å². The molecule has 1 rings (SSSR count). The van der Waals surface area contributed by atoms with E-state index in [0.717, 1.165) is 5.56 Å². The predicted octanol–water partition coefficient (Wildman–Crippen LogP) is -0.0548. The molecule has 0 heterocycles. The Hall–Kier alpha value is -1.51. The zero-order valence-electron chi connectivity index (χ0n) is 8.69. The van der Waals surface area contributed by atoms with Crippen molar-refractivity contribution < 1.29 is 14.8 Å². The number of benzene rings is 1. The fourth-order valence-electron chi connectivity index (χ4n) is 1.38. The monoisotopic (exact) mass is 205 g/mol. The highest BCUT2D eigenvalue weighted by Gasteiger charge is 2.20. The number of nitrogens with zero attached hydrogens (tertiary/aromatic N) is 1. The van der Waals surface area contributed by atoms with Crippen LogP contribution >= 0.6 is 0 Å². The Balaban J connectivity index is 3.35. The van der Waals surface area contributed by atoms with Gasteiger partial charge in [0, 0.05) is 5.46 Å². The van der Waals surface area contributed by atoms with Gasteiger partial charge in [0.2, 0.25) is 0 Å². The third kappa shape index (κ3) is 2.49. The molecule has 1 aromatic carbocycles. The summed E-state index contributed by atoms with van der Waals surface area (Å²) < 4.78 is 5.23. The fourth-order valence-corrected chi connectivity index (χ4v) is 1.38. The van der Waals surface area contributed by atoms with Gasteiger partial charge >= 0.3 is 7.12 Å². The molecule has 0 spiro atoms. The van der Waals surface area contributed by atoms with Gasteiger partial charge in [0.15, 0.2) is 0 Å². The van der Waals surface area contributed by atoms with Gasteiger partial charge in [-0.05, 0) is 25.5 Å². The van der Waals surface area contributed by atoms with Crippen LogP contribution in [0, 0.1) is 18.3 Å². The Morgan fingerprint density at radius 3 is 2.60 bits per heavy atom. The van der Waals surface area contributed by atoms with Crippen LogP contribution in [0.5, 0.6) is 5.75 Å². The number of aryl methyl sites for hydroxylation is 1. The molecule has 2 N–H and O–H groups in total. The molecule has 78 valence electrons. The maximum Gasteiger partial charge on any atom is 0.492 e. The van der Waals surface area contributed by atoms with Crippen molar-refractivity contribution in [3.05, 3.63) is 23.3 Å². The van der Waals surface area contributed by atoms with Gasteiger partial charge < -0.3 is 14.8 Å². The summed E-state index contributed by atoms with van der Waals surface area (Å²) in [6, 6.07) is 5.21. The van der Waals surface area contributed by atoms with Gasteiger partial charge in [-0.3, -0.25) is 0 Å². The van der Waals surface area contributed by atoms with Crippen LogP contribution < -0.4 is 10.2 Å². The molecular weight excluding hydrogens is 193 g/mol. The average molecular weight is 205 g/mol. The highest BCUT2D eigenvalue weighted by atomic mass is 16.5. The van der Waals surface area contributed by atoms with Gasteiger partial charge in [-0.15, -0.1) is 0 Å². The molecule has 0 radical (unpaired) electrons. The van der Waals surface area contributed by atoms with Crippen molar-refractivity contribution in [2.45, 2.75) is 13.8 Å². The fraction of sp³-hybridized carbons (Fsp3) is 0.300. The van der Waals surface area contributed by atoms with Crippen LogP contribution in [0.1, 0.15) is 18.1 Å². The Bertz CT molecular complexity index is 398. The second-order valence-electron chi connectivity index (χ2n) is 3.15. The molecule has 4 nitrogen and oxygen atoms in total. The van der Waals surface area contributed by atoms with Gasteiger partial charge in [0.05, 0.1) is 12.2 Å². The van der Waals surface area contributed by atoms with Crippen molar-refractivity contribution >= 4 is 12.6 Å². The van der Waals surface area contributed by atoms with E-state index in [1.54, 1.807) is 26.0 Å². The first-order valence-electron chi connectivity index (χ1n) is 4.63. The predicted molar refractivity (Wildman–Crippen MR) is 56.9 cm³/mol. The Labute approximate surface area is 88.9 Å². The molecule has 0 atom stereocenters. The molecule has 15 heavy (non-hydrogen) atoms. The van der Waals surface area contributed by atoms with Gasteiger partial charge in [-0.2, -0.15) is 5.26 Å². The zero-order chi connectivity index (χ0) is 11.4. The highest BCUT2D eigenvalue weighted by molar-refractivity contribution is 6.59. The molecule has 0 saturated carbocycles. The minimum Gasteiger partial charge on any atom is -0.493 e. The Kier molecular flexibility index (Phi) is 3.72. The van der Waals surface area contributed by atoms with Gasteiger partial charge in [0.1, 0.15) is 11.8 Å². The molecule has 5 heteroatoms. The lowest BCUT2D eigenvalue weighted by Gasteiger charge is -2.12. The van der Waals surface area contributed by atoms with E-state index >= 15 is 0 Å². The van der Waals surface area contributed by atoms with E-state index in [1.165, 1.54) is 0 Å². The lowest BCUT2D eigenvalue weighted by molar-refractivity contribution is 0.339. The quantitative estimate of drug-likeness (QED) is 0.678. The van der Waals surface area contributed by atoms with Gasteiger partial charge in [0.25, 0.3) is 0 Å². The summed E-state index contributed by atoms with van der Waals surface area (Å²) in [6.07, 6.45) is 0. The van der Waals surface area contributed by atoms with E-state index in [1.807, 2.05) is 6.07 Å². The van der Waals surface area contributed by atoms with E-state index in [9.17, 15) is 0 Å². The van der Waals surface area contributed by atoms with Crippen molar-refractivity contribution in [1.29, 1.82) is 5.26 Å². The Morgan fingerprint density at radius 1 is 1.47 bits per heavy atom. The standard InChI is InChI=1S/C10H12BNO3/c1-3-15-10-8(6-12)4-7(2)5-9(10)11(13)14/h4-5,13-14H,3H2,1-2H3. The number of hydrogen-bond donors (Lipinski definition) is 2. The minimum atomic E-state index is -1.63. The topological polar surface area (TPSA) is 73.5 Å². The van der Waals surface area contributed by atoms with Crippen molar-refractivity contribution in [3.63, 3.8) is 0 Å². The number of nitriles is 1. The third-order valence-corrected chi connectivity index (χ3v) is 1.95. The maximum absolute atomic E-state index is 9.14. The minimum absolute atomic E-state index is 0.230. The van der Waals surface area contributed by atoms with Crippen LogP contribution in [0.15, 0.2) is 12.1 Å².